The molecule has 1 heterocycles. The van der Waals surface area contributed by atoms with Gasteiger partial charge in [-0.15, -0.1) is 0 Å². The Kier molecular flexibility index (Phi) is 2.17. The Balaban J connectivity index is 2.20. The zero-order valence-electron chi connectivity index (χ0n) is 6.40. The van der Waals surface area contributed by atoms with E-state index in [0.717, 1.165) is 10.0 Å². The first-order valence-electron chi connectivity index (χ1n) is 3.82. The molecule has 0 radical (unpaired) electrons. The van der Waals surface area contributed by atoms with Gasteiger partial charge in [-0.05, 0) is 17.7 Å². The van der Waals surface area contributed by atoms with Crippen LogP contribution in [0.15, 0.2) is 28.7 Å². The van der Waals surface area contributed by atoms with Crippen molar-refractivity contribution in [3.05, 3.63) is 34.3 Å². The summed E-state index contributed by atoms with van der Waals surface area (Å²) in [5, 5.41) is 9.64. The first kappa shape index (κ1) is 8.23. The first-order chi connectivity index (χ1) is 5.77. The predicted octanol–water partition coefficient (Wildman–Crippen LogP) is 1.88. The quantitative estimate of drug-likeness (QED) is 0.785. The van der Waals surface area contributed by atoms with Gasteiger partial charge >= 0.3 is 0 Å². The lowest BCUT2D eigenvalue weighted by molar-refractivity contribution is 0.137. The van der Waals surface area contributed by atoms with Crippen molar-refractivity contribution in [2.75, 3.05) is 6.61 Å². The van der Waals surface area contributed by atoms with E-state index < -0.39 is 6.10 Å². The van der Waals surface area contributed by atoms with Gasteiger partial charge in [-0.3, -0.25) is 0 Å². The van der Waals surface area contributed by atoms with E-state index in [4.69, 9.17) is 4.74 Å². The van der Waals surface area contributed by atoms with Crippen LogP contribution in [-0.4, -0.2) is 17.8 Å². The Morgan fingerprint density at radius 3 is 2.92 bits per heavy atom. The van der Waals surface area contributed by atoms with Crippen LogP contribution in [0.3, 0.4) is 0 Å². The largest absolute Gasteiger partial charge is 0.386 e. The number of aliphatic hydroxyl groups is 1. The van der Waals surface area contributed by atoms with Crippen LogP contribution in [0.1, 0.15) is 11.7 Å². The normalized spacial score (nSPS) is 23.7. The maximum Gasteiger partial charge on any atom is 0.111 e. The Labute approximate surface area is 79.3 Å². The van der Waals surface area contributed by atoms with Crippen LogP contribution in [0.25, 0.3) is 0 Å². The van der Waals surface area contributed by atoms with Crippen molar-refractivity contribution in [3.8, 4) is 0 Å². The van der Waals surface area contributed by atoms with E-state index in [0.29, 0.717) is 6.61 Å². The van der Waals surface area contributed by atoms with E-state index in [1.165, 1.54) is 0 Å². The van der Waals surface area contributed by atoms with E-state index in [2.05, 4.69) is 15.9 Å². The molecule has 0 bridgehead atoms. The first-order valence-corrected chi connectivity index (χ1v) is 4.62. The lowest BCUT2D eigenvalue weighted by Crippen LogP contribution is -2.04. The smallest absolute Gasteiger partial charge is 0.111 e. The second-order valence-corrected chi connectivity index (χ2v) is 3.79. The minimum Gasteiger partial charge on any atom is -0.386 e. The number of ether oxygens (including phenoxy) is 1. The molecule has 0 aliphatic carbocycles. The van der Waals surface area contributed by atoms with Crippen LogP contribution in [0, 0.1) is 0 Å². The fourth-order valence-electron chi connectivity index (χ4n) is 1.14. The molecule has 2 rings (SSSR count). The van der Waals surface area contributed by atoms with Gasteiger partial charge in [-0.2, -0.15) is 0 Å². The standard InChI is InChI=1S/C9H9BrO2/c10-7-3-1-2-6(4-7)9(11)8-5-12-8/h1-4,8-9,11H,5H2/t8-,9+/m1/s1. The monoisotopic (exact) mass is 228 g/mol. The second kappa shape index (κ2) is 3.17. The molecule has 3 heteroatoms. The Bertz CT molecular complexity index is 284. The summed E-state index contributed by atoms with van der Waals surface area (Å²) in [7, 11) is 0. The fraction of sp³-hybridized carbons (Fsp3) is 0.333. The van der Waals surface area contributed by atoms with Gasteiger partial charge in [-0.1, -0.05) is 28.1 Å². The number of rotatable bonds is 2. The molecule has 1 aromatic carbocycles. The summed E-state index contributed by atoms with van der Waals surface area (Å²) in [6.07, 6.45) is -0.457. The average molecular weight is 229 g/mol. The zero-order chi connectivity index (χ0) is 8.55. The molecule has 0 saturated carbocycles. The number of hydrogen-bond donors (Lipinski definition) is 1. The van der Waals surface area contributed by atoms with E-state index in [1.807, 2.05) is 24.3 Å². The number of epoxide rings is 1. The molecule has 2 atom stereocenters. The third-order valence-electron chi connectivity index (χ3n) is 1.90. The number of aliphatic hydroxyl groups excluding tert-OH is 1. The molecule has 1 saturated heterocycles. The van der Waals surface area contributed by atoms with Gasteiger partial charge in [0.15, 0.2) is 0 Å². The van der Waals surface area contributed by atoms with Crippen molar-refractivity contribution in [3.63, 3.8) is 0 Å². The van der Waals surface area contributed by atoms with Crippen molar-refractivity contribution >= 4 is 15.9 Å². The van der Waals surface area contributed by atoms with Gasteiger partial charge in [0.1, 0.15) is 12.2 Å². The van der Waals surface area contributed by atoms with E-state index >= 15 is 0 Å². The number of hydrogen-bond acceptors (Lipinski definition) is 2. The average Bonchev–Trinajstić information content (AvgIpc) is 2.85. The highest BCUT2D eigenvalue weighted by molar-refractivity contribution is 9.10. The van der Waals surface area contributed by atoms with Gasteiger partial charge in [0.05, 0.1) is 6.61 Å². The van der Waals surface area contributed by atoms with Crippen molar-refractivity contribution in [2.24, 2.45) is 0 Å². The highest BCUT2D eigenvalue weighted by atomic mass is 79.9. The summed E-state index contributed by atoms with van der Waals surface area (Å²) in [5.41, 5.74) is 0.909. The van der Waals surface area contributed by atoms with Crippen LogP contribution in [0.5, 0.6) is 0 Å². The van der Waals surface area contributed by atoms with Gasteiger partial charge in [0, 0.05) is 4.47 Å². The molecule has 1 aliphatic rings. The van der Waals surface area contributed by atoms with Crippen LogP contribution >= 0.6 is 15.9 Å². The number of halogens is 1. The minimum atomic E-state index is -0.470. The second-order valence-electron chi connectivity index (χ2n) is 2.87. The lowest BCUT2D eigenvalue weighted by atomic mass is 10.1. The Hall–Kier alpha value is -0.380. The third kappa shape index (κ3) is 1.68. The Morgan fingerprint density at radius 1 is 1.58 bits per heavy atom. The fourth-order valence-corrected chi connectivity index (χ4v) is 1.56. The topological polar surface area (TPSA) is 32.8 Å². The molecule has 12 heavy (non-hydrogen) atoms. The number of benzene rings is 1. The predicted molar refractivity (Wildman–Crippen MR) is 48.8 cm³/mol. The van der Waals surface area contributed by atoms with Crippen molar-refractivity contribution < 1.29 is 9.84 Å². The molecule has 64 valence electrons. The molecule has 0 unspecified atom stereocenters. The molecule has 0 amide bonds. The highest BCUT2D eigenvalue weighted by Crippen LogP contribution is 2.28. The Morgan fingerprint density at radius 2 is 2.33 bits per heavy atom. The van der Waals surface area contributed by atoms with Gasteiger partial charge in [0.2, 0.25) is 0 Å². The summed E-state index contributed by atoms with van der Waals surface area (Å²) in [4.78, 5) is 0. The molecule has 1 N–H and O–H groups in total. The lowest BCUT2D eigenvalue weighted by Gasteiger charge is -2.06. The molecule has 1 aromatic rings. The van der Waals surface area contributed by atoms with E-state index in [1.54, 1.807) is 0 Å². The SMILES string of the molecule is O[C@@H](c1cccc(Br)c1)[C@H]1CO1. The summed E-state index contributed by atoms with van der Waals surface area (Å²) < 4.78 is 5.99. The molecule has 1 fully saturated rings. The maximum absolute atomic E-state index is 9.64. The van der Waals surface area contributed by atoms with Gasteiger partial charge in [0.25, 0.3) is 0 Å². The highest BCUT2D eigenvalue weighted by Gasteiger charge is 2.32. The summed E-state index contributed by atoms with van der Waals surface area (Å²) >= 11 is 3.35. The zero-order valence-corrected chi connectivity index (χ0v) is 7.99. The molecular weight excluding hydrogens is 220 g/mol. The summed E-state index contributed by atoms with van der Waals surface area (Å²) in [5.74, 6) is 0. The molecule has 2 nitrogen and oxygen atoms in total. The van der Waals surface area contributed by atoms with Crippen molar-refractivity contribution in [1.82, 2.24) is 0 Å². The van der Waals surface area contributed by atoms with Crippen molar-refractivity contribution in [1.29, 1.82) is 0 Å². The molecule has 0 aromatic heterocycles. The van der Waals surface area contributed by atoms with Crippen LogP contribution in [0.2, 0.25) is 0 Å². The van der Waals surface area contributed by atoms with Crippen LogP contribution < -0.4 is 0 Å². The van der Waals surface area contributed by atoms with E-state index in [-0.39, 0.29) is 6.10 Å². The maximum atomic E-state index is 9.64. The van der Waals surface area contributed by atoms with Gasteiger partial charge < -0.3 is 9.84 Å². The van der Waals surface area contributed by atoms with Gasteiger partial charge in [-0.25, -0.2) is 0 Å². The van der Waals surface area contributed by atoms with Crippen LogP contribution in [0.4, 0.5) is 0 Å². The summed E-state index contributed by atoms with van der Waals surface area (Å²) in [6, 6.07) is 7.65. The molecule has 1 aliphatic heterocycles. The van der Waals surface area contributed by atoms with Crippen molar-refractivity contribution in [2.45, 2.75) is 12.2 Å². The van der Waals surface area contributed by atoms with E-state index in [9.17, 15) is 5.11 Å². The van der Waals surface area contributed by atoms with Crippen LogP contribution in [-0.2, 0) is 4.74 Å². The summed E-state index contributed by atoms with van der Waals surface area (Å²) in [6.45, 7) is 0.674. The molecular formula is C9H9BrO2. The minimum absolute atomic E-state index is 0.0132. The third-order valence-corrected chi connectivity index (χ3v) is 2.39. The molecule has 0 spiro atoms.